The van der Waals surface area contributed by atoms with E-state index in [0.717, 1.165) is 26.4 Å². The molecule has 0 amide bonds. The second-order valence-corrected chi connectivity index (χ2v) is 7.48. The smallest absolute Gasteiger partial charge is 0.0845 e. The van der Waals surface area contributed by atoms with Crippen LogP contribution in [0.3, 0.4) is 0 Å². The summed E-state index contributed by atoms with van der Waals surface area (Å²) in [6, 6.07) is 0. The van der Waals surface area contributed by atoms with Crippen LogP contribution in [0.5, 0.6) is 0 Å². The van der Waals surface area contributed by atoms with Crippen LogP contribution in [0.15, 0.2) is 0 Å². The summed E-state index contributed by atoms with van der Waals surface area (Å²) in [5.41, 5.74) is 0. The number of rotatable bonds is 14. The van der Waals surface area contributed by atoms with Crippen LogP contribution in [0.2, 0.25) is 0 Å². The minimum Gasteiger partial charge on any atom is -0.381 e. The summed E-state index contributed by atoms with van der Waals surface area (Å²) in [4.78, 5) is 0. The van der Waals surface area contributed by atoms with E-state index in [0.29, 0.717) is 24.0 Å². The van der Waals surface area contributed by atoms with E-state index in [9.17, 15) is 0 Å². The molecule has 1 aliphatic heterocycles. The molecule has 2 fully saturated rings. The maximum atomic E-state index is 5.97. The number of epoxide rings is 1. The summed E-state index contributed by atoms with van der Waals surface area (Å²) in [6.07, 6.45) is 13.7. The minimum absolute atomic E-state index is 0.532. The zero-order valence-corrected chi connectivity index (χ0v) is 15.4. The molecule has 1 saturated heterocycles. The fraction of sp³-hybridized carbons (Fsp3) is 1.00. The SMILES string of the molecule is CCCCCCOCC1CC2OC2CC1COCCCCCC. The van der Waals surface area contributed by atoms with Gasteiger partial charge in [0, 0.05) is 26.4 Å². The molecular formula is C20H38O3. The van der Waals surface area contributed by atoms with Crippen LogP contribution in [-0.2, 0) is 14.2 Å². The molecule has 1 aliphatic carbocycles. The molecule has 4 unspecified atom stereocenters. The Balaban J connectivity index is 1.56. The molecule has 136 valence electrons. The molecule has 0 aromatic rings. The van der Waals surface area contributed by atoms with Gasteiger partial charge in [-0.2, -0.15) is 0 Å². The van der Waals surface area contributed by atoms with E-state index in [1.54, 1.807) is 0 Å². The lowest BCUT2D eigenvalue weighted by Crippen LogP contribution is -2.31. The van der Waals surface area contributed by atoms with Crippen molar-refractivity contribution < 1.29 is 14.2 Å². The number of fused-ring (bicyclic) bond motifs is 1. The molecule has 0 N–H and O–H groups in total. The highest BCUT2D eigenvalue weighted by Crippen LogP contribution is 2.43. The minimum atomic E-state index is 0.532. The van der Waals surface area contributed by atoms with Gasteiger partial charge in [-0.15, -0.1) is 0 Å². The number of ether oxygens (including phenoxy) is 3. The Kier molecular flexibility index (Phi) is 9.55. The highest BCUT2D eigenvalue weighted by atomic mass is 16.6. The van der Waals surface area contributed by atoms with Crippen molar-refractivity contribution in [1.29, 1.82) is 0 Å². The first-order valence-corrected chi connectivity index (χ1v) is 10.2. The quantitative estimate of drug-likeness (QED) is 0.333. The Morgan fingerprint density at radius 3 is 1.61 bits per heavy atom. The molecule has 2 aliphatic rings. The summed E-state index contributed by atoms with van der Waals surface area (Å²) in [5, 5.41) is 0. The maximum absolute atomic E-state index is 5.97. The standard InChI is InChI=1S/C20H38O3/c1-3-5-7-9-11-21-15-17-13-19-20(23-19)14-18(17)16-22-12-10-8-6-4-2/h17-20H,3-16H2,1-2H3. The lowest BCUT2D eigenvalue weighted by atomic mass is 9.80. The van der Waals surface area contributed by atoms with E-state index < -0.39 is 0 Å². The van der Waals surface area contributed by atoms with Crippen molar-refractivity contribution in [3.05, 3.63) is 0 Å². The normalized spacial score (nSPS) is 29.5. The predicted molar refractivity (Wildman–Crippen MR) is 94.8 cm³/mol. The van der Waals surface area contributed by atoms with E-state index in [1.165, 1.54) is 64.2 Å². The summed E-state index contributed by atoms with van der Waals surface area (Å²) < 4.78 is 17.7. The van der Waals surface area contributed by atoms with Gasteiger partial charge >= 0.3 is 0 Å². The Bertz CT molecular complexity index is 267. The van der Waals surface area contributed by atoms with Gasteiger partial charge in [-0.05, 0) is 37.5 Å². The van der Waals surface area contributed by atoms with Crippen LogP contribution in [0.1, 0.15) is 78.1 Å². The van der Waals surface area contributed by atoms with Gasteiger partial charge in [0.1, 0.15) is 0 Å². The second kappa shape index (κ2) is 11.4. The summed E-state index contributed by atoms with van der Waals surface area (Å²) >= 11 is 0. The third-order valence-corrected chi connectivity index (χ3v) is 5.37. The zero-order valence-electron chi connectivity index (χ0n) is 15.4. The van der Waals surface area contributed by atoms with Crippen molar-refractivity contribution >= 4 is 0 Å². The zero-order chi connectivity index (χ0) is 16.3. The van der Waals surface area contributed by atoms with Crippen LogP contribution < -0.4 is 0 Å². The first-order valence-electron chi connectivity index (χ1n) is 10.2. The van der Waals surface area contributed by atoms with Gasteiger partial charge in [0.05, 0.1) is 12.2 Å². The Labute approximate surface area is 143 Å². The molecule has 23 heavy (non-hydrogen) atoms. The molecule has 3 heteroatoms. The molecule has 1 saturated carbocycles. The first-order chi connectivity index (χ1) is 11.3. The average molecular weight is 327 g/mol. The van der Waals surface area contributed by atoms with E-state index in [1.807, 2.05) is 0 Å². The van der Waals surface area contributed by atoms with Crippen LogP contribution in [-0.4, -0.2) is 38.6 Å². The van der Waals surface area contributed by atoms with E-state index >= 15 is 0 Å². The lowest BCUT2D eigenvalue weighted by molar-refractivity contribution is 0.0179. The van der Waals surface area contributed by atoms with Crippen molar-refractivity contribution in [1.82, 2.24) is 0 Å². The van der Waals surface area contributed by atoms with Gasteiger partial charge in [0.15, 0.2) is 0 Å². The number of unbranched alkanes of at least 4 members (excludes halogenated alkanes) is 6. The number of hydrogen-bond acceptors (Lipinski definition) is 3. The fourth-order valence-corrected chi connectivity index (χ4v) is 3.71. The third-order valence-electron chi connectivity index (χ3n) is 5.37. The van der Waals surface area contributed by atoms with Crippen LogP contribution in [0, 0.1) is 11.8 Å². The Hall–Kier alpha value is -0.120. The van der Waals surface area contributed by atoms with Crippen LogP contribution in [0.4, 0.5) is 0 Å². The lowest BCUT2D eigenvalue weighted by Gasteiger charge is -2.29. The van der Waals surface area contributed by atoms with Gasteiger partial charge < -0.3 is 14.2 Å². The highest BCUT2D eigenvalue weighted by Gasteiger charge is 2.48. The average Bonchev–Trinajstić information content (AvgIpc) is 3.32. The van der Waals surface area contributed by atoms with Crippen molar-refractivity contribution in [2.24, 2.45) is 11.8 Å². The van der Waals surface area contributed by atoms with Gasteiger partial charge in [0.2, 0.25) is 0 Å². The molecule has 0 aromatic heterocycles. The highest BCUT2D eigenvalue weighted by molar-refractivity contribution is 4.95. The van der Waals surface area contributed by atoms with Crippen LogP contribution in [0.25, 0.3) is 0 Å². The molecule has 0 spiro atoms. The topological polar surface area (TPSA) is 31.0 Å². The molecule has 1 heterocycles. The number of hydrogen-bond donors (Lipinski definition) is 0. The Morgan fingerprint density at radius 1 is 0.696 bits per heavy atom. The summed E-state index contributed by atoms with van der Waals surface area (Å²) in [7, 11) is 0. The van der Waals surface area contributed by atoms with Crippen molar-refractivity contribution in [2.75, 3.05) is 26.4 Å². The second-order valence-electron chi connectivity index (χ2n) is 7.48. The van der Waals surface area contributed by atoms with Gasteiger partial charge in [-0.25, -0.2) is 0 Å². The predicted octanol–water partition coefficient (Wildman–Crippen LogP) is 4.97. The van der Waals surface area contributed by atoms with Crippen molar-refractivity contribution in [3.63, 3.8) is 0 Å². The van der Waals surface area contributed by atoms with Gasteiger partial charge in [-0.1, -0.05) is 52.4 Å². The maximum Gasteiger partial charge on any atom is 0.0845 e. The molecule has 0 bridgehead atoms. The largest absolute Gasteiger partial charge is 0.381 e. The van der Waals surface area contributed by atoms with Crippen LogP contribution >= 0.6 is 0 Å². The van der Waals surface area contributed by atoms with Crippen molar-refractivity contribution in [2.45, 2.75) is 90.3 Å². The summed E-state index contributed by atoms with van der Waals surface area (Å²) in [6.45, 7) is 8.17. The van der Waals surface area contributed by atoms with Crippen molar-refractivity contribution in [3.8, 4) is 0 Å². The molecule has 0 radical (unpaired) electrons. The molecule has 2 rings (SSSR count). The van der Waals surface area contributed by atoms with E-state index in [2.05, 4.69) is 13.8 Å². The molecule has 4 atom stereocenters. The molecule has 0 aromatic carbocycles. The third kappa shape index (κ3) is 7.53. The first kappa shape index (κ1) is 19.2. The van der Waals surface area contributed by atoms with Gasteiger partial charge in [0.25, 0.3) is 0 Å². The monoisotopic (exact) mass is 326 g/mol. The molecular weight excluding hydrogens is 288 g/mol. The molecule has 3 nitrogen and oxygen atoms in total. The fourth-order valence-electron chi connectivity index (χ4n) is 3.71. The Morgan fingerprint density at radius 2 is 1.17 bits per heavy atom. The van der Waals surface area contributed by atoms with E-state index in [4.69, 9.17) is 14.2 Å². The van der Waals surface area contributed by atoms with E-state index in [-0.39, 0.29) is 0 Å². The van der Waals surface area contributed by atoms with Gasteiger partial charge in [-0.3, -0.25) is 0 Å². The summed E-state index contributed by atoms with van der Waals surface area (Å²) in [5.74, 6) is 1.28.